The molecule has 1 heterocycles. The highest BCUT2D eigenvalue weighted by Gasteiger charge is 2.12. The van der Waals surface area contributed by atoms with Crippen molar-refractivity contribution in [2.24, 2.45) is 5.73 Å². The molecule has 2 rings (SSSR count). The standard InChI is InChI=1S/C12H10N2O3S/c1-6-2-3-9-7(4-6)10(15)8(5-18-9)14-12(17)11(13)16/h2-5H,1H3,(H2,13,16)(H,14,17). The molecule has 0 aliphatic carbocycles. The van der Waals surface area contributed by atoms with Gasteiger partial charge in [-0.2, -0.15) is 0 Å². The summed E-state index contributed by atoms with van der Waals surface area (Å²) in [4.78, 5) is 33.9. The van der Waals surface area contributed by atoms with E-state index < -0.39 is 11.8 Å². The van der Waals surface area contributed by atoms with Crippen molar-refractivity contribution in [2.45, 2.75) is 6.92 Å². The number of aryl methyl sites for hydroxylation is 1. The van der Waals surface area contributed by atoms with E-state index in [4.69, 9.17) is 5.73 Å². The third-order valence-corrected chi connectivity index (χ3v) is 3.36. The second kappa shape index (κ2) is 4.58. The summed E-state index contributed by atoms with van der Waals surface area (Å²) >= 11 is 1.31. The van der Waals surface area contributed by atoms with Gasteiger partial charge in [-0.25, -0.2) is 0 Å². The van der Waals surface area contributed by atoms with Crippen LogP contribution in [-0.2, 0) is 9.59 Å². The Morgan fingerprint density at radius 2 is 2.06 bits per heavy atom. The maximum Gasteiger partial charge on any atom is 0.313 e. The molecule has 1 aromatic carbocycles. The van der Waals surface area contributed by atoms with Gasteiger partial charge in [-0.05, 0) is 19.1 Å². The predicted octanol–water partition coefficient (Wildman–Crippen LogP) is 0.994. The Hall–Kier alpha value is -2.21. The molecule has 92 valence electrons. The van der Waals surface area contributed by atoms with Crippen molar-refractivity contribution in [1.29, 1.82) is 0 Å². The van der Waals surface area contributed by atoms with E-state index in [0.717, 1.165) is 10.3 Å². The van der Waals surface area contributed by atoms with Crippen LogP contribution < -0.4 is 16.5 Å². The van der Waals surface area contributed by atoms with Gasteiger partial charge in [0.2, 0.25) is 5.43 Å². The quantitative estimate of drug-likeness (QED) is 0.751. The van der Waals surface area contributed by atoms with Gasteiger partial charge in [-0.1, -0.05) is 11.6 Å². The summed E-state index contributed by atoms with van der Waals surface area (Å²) in [5.74, 6) is -2.12. The van der Waals surface area contributed by atoms with Gasteiger partial charge in [0.05, 0.1) is 5.69 Å². The lowest BCUT2D eigenvalue weighted by Gasteiger charge is -2.03. The molecule has 0 fully saturated rings. The first-order valence-electron chi connectivity index (χ1n) is 5.12. The molecule has 2 aromatic rings. The van der Waals surface area contributed by atoms with Crippen molar-refractivity contribution in [3.8, 4) is 0 Å². The summed E-state index contributed by atoms with van der Waals surface area (Å²) < 4.78 is 0.822. The van der Waals surface area contributed by atoms with E-state index >= 15 is 0 Å². The maximum atomic E-state index is 12.1. The average molecular weight is 262 g/mol. The fraction of sp³-hybridized carbons (Fsp3) is 0.0833. The number of primary amides is 1. The van der Waals surface area contributed by atoms with Crippen LogP contribution in [0, 0.1) is 6.92 Å². The Bertz CT molecular complexity index is 706. The topological polar surface area (TPSA) is 89.3 Å². The van der Waals surface area contributed by atoms with E-state index in [9.17, 15) is 14.4 Å². The van der Waals surface area contributed by atoms with Crippen LogP contribution in [0.5, 0.6) is 0 Å². The number of carbonyl (C=O) groups is 2. The molecule has 2 amide bonds. The van der Waals surface area contributed by atoms with E-state index in [-0.39, 0.29) is 11.1 Å². The molecule has 0 spiro atoms. The van der Waals surface area contributed by atoms with Gasteiger partial charge >= 0.3 is 11.8 Å². The Labute approximate surface area is 106 Å². The molecule has 0 radical (unpaired) electrons. The van der Waals surface area contributed by atoms with Crippen LogP contribution in [0.2, 0.25) is 0 Å². The molecule has 0 aliphatic heterocycles. The molecule has 0 bridgehead atoms. The third kappa shape index (κ3) is 2.23. The molecule has 5 nitrogen and oxygen atoms in total. The molecular weight excluding hydrogens is 252 g/mol. The zero-order valence-electron chi connectivity index (χ0n) is 9.52. The minimum Gasteiger partial charge on any atom is -0.361 e. The molecule has 6 heteroatoms. The van der Waals surface area contributed by atoms with Crippen LogP contribution >= 0.6 is 11.3 Å². The normalized spacial score (nSPS) is 10.3. The van der Waals surface area contributed by atoms with Crippen molar-refractivity contribution in [2.75, 3.05) is 5.32 Å². The van der Waals surface area contributed by atoms with Gasteiger partial charge in [0, 0.05) is 15.5 Å². The van der Waals surface area contributed by atoms with Crippen molar-refractivity contribution < 1.29 is 9.59 Å². The van der Waals surface area contributed by atoms with E-state index in [1.54, 1.807) is 6.07 Å². The second-order valence-corrected chi connectivity index (χ2v) is 4.71. The van der Waals surface area contributed by atoms with Crippen LogP contribution in [0.15, 0.2) is 28.4 Å². The van der Waals surface area contributed by atoms with Crippen LogP contribution in [-0.4, -0.2) is 11.8 Å². The van der Waals surface area contributed by atoms with Gasteiger partial charge in [0.25, 0.3) is 0 Å². The van der Waals surface area contributed by atoms with Crippen LogP contribution in [0.1, 0.15) is 5.56 Å². The van der Waals surface area contributed by atoms with Gasteiger partial charge in [-0.3, -0.25) is 14.4 Å². The summed E-state index contributed by atoms with van der Waals surface area (Å²) in [5.41, 5.74) is 5.52. The number of anilines is 1. The van der Waals surface area contributed by atoms with Gasteiger partial charge in [-0.15, -0.1) is 11.3 Å². The zero-order valence-corrected chi connectivity index (χ0v) is 10.3. The summed E-state index contributed by atoms with van der Waals surface area (Å²) in [6.45, 7) is 1.87. The lowest BCUT2D eigenvalue weighted by molar-refractivity contribution is -0.134. The number of nitrogens with one attached hydrogen (secondary N) is 1. The number of amides is 2. The molecule has 1 aromatic heterocycles. The number of benzene rings is 1. The molecule has 0 unspecified atom stereocenters. The van der Waals surface area contributed by atoms with E-state index in [2.05, 4.69) is 5.32 Å². The van der Waals surface area contributed by atoms with Crippen LogP contribution in [0.3, 0.4) is 0 Å². The second-order valence-electron chi connectivity index (χ2n) is 3.80. The largest absolute Gasteiger partial charge is 0.361 e. The van der Waals surface area contributed by atoms with Crippen LogP contribution in [0.4, 0.5) is 5.69 Å². The number of nitrogens with two attached hydrogens (primary N) is 1. The summed E-state index contributed by atoms with van der Waals surface area (Å²) in [7, 11) is 0. The number of rotatable bonds is 1. The van der Waals surface area contributed by atoms with E-state index in [0.29, 0.717) is 5.39 Å². The van der Waals surface area contributed by atoms with Gasteiger partial charge in [0.1, 0.15) is 0 Å². The number of hydrogen-bond donors (Lipinski definition) is 2. The third-order valence-electron chi connectivity index (χ3n) is 2.40. The minimum atomic E-state index is -1.12. The van der Waals surface area contributed by atoms with Gasteiger partial charge in [0.15, 0.2) is 0 Å². The Morgan fingerprint density at radius 3 is 2.72 bits per heavy atom. The molecular formula is C12H10N2O3S. The molecule has 0 aliphatic rings. The first-order valence-corrected chi connectivity index (χ1v) is 6.00. The Morgan fingerprint density at radius 1 is 1.33 bits per heavy atom. The first-order chi connectivity index (χ1) is 8.49. The Balaban J connectivity index is 2.54. The molecule has 0 saturated carbocycles. The fourth-order valence-electron chi connectivity index (χ4n) is 1.52. The number of hydrogen-bond acceptors (Lipinski definition) is 4. The highest BCUT2D eigenvalue weighted by atomic mass is 32.1. The van der Waals surface area contributed by atoms with Gasteiger partial charge < -0.3 is 11.1 Å². The smallest absolute Gasteiger partial charge is 0.313 e. The SMILES string of the molecule is Cc1ccc2scc(NC(=O)C(N)=O)c(=O)c2c1. The minimum absolute atomic E-state index is 0.0712. The van der Waals surface area contributed by atoms with Crippen molar-refractivity contribution in [3.63, 3.8) is 0 Å². The number of fused-ring (bicyclic) bond motifs is 1. The highest BCUT2D eigenvalue weighted by molar-refractivity contribution is 7.16. The predicted molar refractivity (Wildman–Crippen MR) is 70.7 cm³/mol. The summed E-state index contributed by atoms with van der Waals surface area (Å²) in [6.07, 6.45) is 0. The van der Waals surface area contributed by atoms with Crippen molar-refractivity contribution in [1.82, 2.24) is 0 Å². The van der Waals surface area contributed by atoms with Crippen molar-refractivity contribution >= 4 is 38.9 Å². The highest BCUT2D eigenvalue weighted by Crippen LogP contribution is 2.20. The van der Waals surface area contributed by atoms with Crippen molar-refractivity contribution in [3.05, 3.63) is 39.4 Å². The lowest BCUT2D eigenvalue weighted by Crippen LogP contribution is -2.31. The van der Waals surface area contributed by atoms with E-state index in [1.807, 2.05) is 19.1 Å². The maximum absolute atomic E-state index is 12.1. The fourth-order valence-corrected chi connectivity index (χ4v) is 2.35. The summed E-state index contributed by atoms with van der Waals surface area (Å²) in [6, 6.07) is 5.49. The lowest BCUT2D eigenvalue weighted by atomic mass is 10.2. The summed E-state index contributed by atoms with van der Waals surface area (Å²) in [5, 5.41) is 4.22. The zero-order chi connectivity index (χ0) is 13.3. The molecule has 18 heavy (non-hydrogen) atoms. The monoisotopic (exact) mass is 262 g/mol. The van der Waals surface area contributed by atoms with E-state index in [1.165, 1.54) is 16.7 Å². The molecule has 0 saturated heterocycles. The molecule has 0 atom stereocenters. The average Bonchev–Trinajstić information content (AvgIpc) is 2.33. The number of carbonyl (C=O) groups excluding carboxylic acids is 2. The molecule has 3 N–H and O–H groups in total. The Kier molecular flexibility index (Phi) is 3.12. The van der Waals surface area contributed by atoms with Crippen LogP contribution in [0.25, 0.3) is 10.1 Å². The first kappa shape index (κ1) is 12.3.